The topological polar surface area (TPSA) is 675 Å². The Balaban J connectivity index is 2.34. The van der Waals surface area contributed by atoms with Crippen LogP contribution in [0.5, 0.6) is 5.75 Å². The van der Waals surface area contributed by atoms with Crippen LogP contribution in [0.3, 0.4) is 0 Å². The van der Waals surface area contributed by atoms with Crippen LogP contribution in [0.4, 0.5) is 0 Å². The predicted molar refractivity (Wildman–Crippen MR) is 360 cm³/mol. The number of aliphatic carboxylic acids is 4. The van der Waals surface area contributed by atoms with Gasteiger partial charge in [0.05, 0.1) is 51.0 Å². The van der Waals surface area contributed by atoms with E-state index in [1.807, 2.05) is 16.0 Å². The van der Waals surface area contributed by atoms with Gasteiger partial charge in [0.2, 0.25) is 76.8 Å². The molecule has 0 aliphatic carbocycles. The van der Waals surface area contributed by atoms with Gasteiger partial charge in [-0.05, 0) is 68.2 Å². The van der Waals surface area contributed by atoms with E-state index in [0.29, 0.717) is 5.56 Å². The van der Waals surface area contributed by atoms with Gasteiger partial charge in [-0.2, -0.15) is 0 Å². The van der Waals surface area contributed by atoms with Gasteiger partial charge in [0, 0.05) is 25.7 Å². The number of aromatic hydroxyl groups is 1. The highest BCUT2D eigenvalue weighted by atomic mass is 16.4. The number of aliphatic hydroxyl groups is 5. The van der Waals surface area contributed by atoms with Crippen molar-refractivity contribution in [1.29, 1.82) is 0 Å². The van der Waals surface area contributed by atoms with Gasteiger partial charge < -0.3 is 126 Å². The molecule has 0 radical (unpaired) electrons. The monoisotopic (exact) mass is 1490 g/mol. The minimum absolute atomic E-state index is 0.141. The molecule has 41 nitrogen and oxygen atoms in total. The lowest BCUT2D eigenvalue weighted by Gasteiger charge is -2.29. The first kappa shape index (κ1) is 90.1. The minimum atomic E-state index is -2.15. The third-order valence-electron chi connectivity index (χ3n) is 15.2. The summed E-state index contributed by atoms with van der Waals surface area (Å²) in [6, 6.07) is -8.80. The molecule has 0 saturated heterocycles. The van der Waals surface area contributed by atoms with Crippen LogP contribution in [0.2, 0.25) is 0 Å². The zero-order chi connectivity index (χ0) is 79.5. The Morgan fingerprint density at radius 3 is 1.20 bits per heavy atom. The summed E-state index contributed by atoms with van der Waals surface area (Å²) >= 11 is 0. The number of carbonyl (C=O) groups is 17. The van der Waals surface area contributed by atoms with Crippen LogP contribution in [-0.4, -0.2) is 269 Å². The van der Waals surface area contributed by atoms with Gasteiger partial charge in [-0.1, -0.05) is 70.2 Å². The van der Waals surface area contributed by atoms with Crippen molar-refractivity contribution in [2.24, 2.45) is 17.6 Å². The summed E-state index contributed by atoms with van der Waals surface area (Å²) in [7, 11) is 0. The van der Waals surface area contributed by atoms with Crippen molar-refractivity contribution in [2.45, 2.75) is 178 Å². The summed E-state index contributed by atoms with van der Waals surface area (Å²) in [4.78, 5) is 222. The number of benzene rings is 2. The molecule has 14 atom stereocenters. The van der Waals surface area contributed by atoms with Gasteiger partial charge in [0.15, 0.2) is 0 Å². The van der Waals surface area contributed by atoms with E-state index in [0.717, 1.165) is 13.8 Å². The molecular formula is C64H94N14O27. The maximum Gasteiger partial charge on any atom is 0.322 e. The fourth-order valence-electron chi connectivity index (χ4n) is 9.56. The highest BCUT2D eigenvalue weighted by Crippen LogP contribution is 2.15. The highest BCUT2D eigenvalue weighted by Gasteiger charge is 2.39. The number of amides is 13. The molecule has 13 amide bonds. The molecule has 0 spiro atoms. The normalized spacial score (nSPS) is 15.1. The SMILES string of the molecule is CC(C)C[C@H](NC(=O)[C@H](Cc1ccc(O)cc1)NC(=O)[C@H](CO)NC(=O)[C@H](CO)NC(=O)[C@@H](NC(=O)[C@H](CC(=O)O)NC(=O)[C@H](CO)NC(=O)[C@@H](NC(=O)[C@H](Cc1ccccc1)NC(=O)[C@@H](NC(=O)CNC(=O)[C@@H](N)CCC(=O)O)[C@@H](C)O)[C@@H](C)O)C(C)C)C(=O)N[C@@H](CCC(=O)O)C(=O)NCC(=O)O. The zero-order valence-electron chi connectivity index (χ0n) is 58.1. The number of rotatable bonds is 47. The summed E-state index contributed by atoms with van der Waals surface area (Å²) in [5, 5.41) is 128. The number of carboxylic acids is 4. The fraction of sp³-hybridized carbons (Fsp3) is 0.547. The van der Waals surface area contributed by atoms with Crippen LogP contribution in [0.1, 0.15) is 91.2 Å². The lowest BCUT2D eigenvalue weighted by Crippen LogP contribution is -2.63. The lowest BCUT2D eigenvalue weighted by molar-refractivity contribution is -0.142. The van der Waals surface area contributed by atoms with Gasteiger partial charge in [-0.15, -0.1) is 0 Å². The van der Waals surface area contributed by atoms with Crippen molar-refractivity contribution < 1.29 is 133 Å². The van der Waals surface area contributed by atoms with Crippen molar-refractivity contribution in [2.75, 3.05) is 32.9 Å². The molecule has 0 aromatic heterocycles. The quantitative estimate of drug-likeness (QED) is 0.0293. The van der Waals surface area contributed by atoms with E-state index < -0.39 is 256 Å². The smallest absolute Gasteiger partial charge is 0.322 e. The van der Waals surface area contributed by atoms with Crippen LogP contribution in [-0.2, 0) is 94.3 Å². The number of hydrogen-bond acceptors (Lipinski definition) is 24. The summed E-state index contributed by atoms with van der Waals surface area (Å²) < 4.78 is 0. The summed E-state index contributed by atoms with van der Waals surface area (Å²) in [6.07, 6.45) is -7.58. The number of hydrogen-bond donors (Lipinski definition) is 24. The van der Waals surface area contributed by atoms with Crippen molar-refractivity contribution in [3.05, 3.63) is 65.7 Å². The highest BCUT2D eigenvalue weighted by molar-refractivity contribution is 6.01. The second-order valence-corrected chi connectivity index (χ2v) is 24.9. The first-order valence-electron chi connectivity index (χ1n) is 32.7. The molecule has 2 aromatic carbocycles. The van der Waals surface area contributed by atoms with Gasteiger partial charge in [0.25, 0.3) is 0 Å². The van der Waals surface area contributed by atoms with Gasteiger partial charge in [-0.25, -0.2) is 0 Å². The summed E-state index contributed by atoms with van der Waals surface area (Å²) in [5.41, 5.74) is 6.34. The van der Waals surface area contributed by atoms with Crippen molar-refractivity contribution in [3.8, 4) is 5.75 Å². The van der Waals surface area contributed by atoms with E-state index >= 15 is 0 Å². The molecule has 0 heterocycles. The van der Waals surface area contributed by atoms with E-state index in [2.05, 4.69) is 53.2 Å². The molecule has 0 saturated carbocycles. The molecule has 0 unspecified atom stereocenters. The summed E-state index contributed by atoms with van der Waals surface area (Å²) in [5.74, 6) is -23.1. The molecule has 0 bridgehead atoms. The van der Waals surface area contributed by atoms with E-state index in [1.54, 1.807) is 32.0 Å². The van der Waals surface area contributed by atoms with E-state index in [4.69, 9.17) is 15.9 Å². The van der Waals surface area contributed by atoms with E-state index in [-0.39, 0.29) is 36.5 Å². The molecular weight excluding hydrogens is 1400 g/mol. The molecule has 41 heteroatoms. The Bertz CT molecular complexity index is 3360. The van der Waals surface area contributed by atoms with Crippen LogP contribution in [0.15, 0.2) is 54.6 Å². The van der Waals surface area contributed by atoms with Crippen LogP contribution in [0, 0.1) is 11.8 Å². The number of phenols is 1. The van der Waals surface area contributed by atoms with E-state index in [9.17, 15) is 122 Å². The fourth-order valence-corrected chi connectivity index (χ4v) is 9.56. The Morgan fingerprint density at radius 2 is 0.743 bits per heavy atom. The third kappa shape index (κ3) is 32.9. The second-order valence-electron chi connectivity index (χ2n) is 24.9. The Labute approximate surface area is 600 Å². The second kappa shape index (κ2) is 45.2. The zero-order valence-corrected chi connectivity index (χ0v) is 58.1. The molecule has 2 rings (SSSR count). The van der Waals surface area contributed by atoms with Crippen LogP contribution in [0.25, 0.3) is 0 Å². The largest absolute Gasteiger partial charge is 0.508 e. The number of carbonyl (C=O) groups excluding carboxylic acids is 13. The molecule has 2 aromatic rings. The van der Waals surface area contributed by atoms with Gasteiger partial charge in [-0.3, -0.25) is 81.5 Å². The van der Waals surface area contributed by atoms with E-state index in [1.165, 1.54) is 50.2 Å². The third-order valence-corrected chi connectivity index (χ3v) is 15.2. The molecule has 25 N–H and O–H groups in total. The molecule has 0 aliphatic rings. The van der Waals surface area contributed by atoms with Crippen molar-refractivity contribution in [1.82, 2.24) is 69.1 Å². The first-order valence-corrected chi connectivity index (χ1v) is 32.7. The molecule has 105 heavy (non-hydrogen) atoms. The standard InChI is InChI=1S/C64H94N14O27/c1-29(2)20-38(55(96)68-37(17-19-47(88)89)54(95)67-25-49(92)93)69-56(97)39(22-34-12-14-35(84)15-13-34)70-59(100)42(26-79)73-61(102)44(28-81)74-62(103)50(30(3)4)77-58(99)41(23-48(90)91)71-60(101)43(27-80)75-64(105)52(32(6)83)78-57(98)40(21-33-10-8-7-9-11-33)72-63(104)51(31(5)82)76-45(85)24-66-53(94)36(65)16-18-46(86)87/h7-15,29-32,36-44,50-52,79-84H,16-28,65H2,1-6H3,(H,66,94)(H,67,95)(H,68,96)(H,69,97)(H,70,100)(H,71,101)(H,72,104)(H,73,102)(H,74,103)(H,75,105)(H,76,85)(H,77,99)(H,78,98)(H,86,87)(H,88,89)(H,90,91)(H,92,93)/t31-,32-,36+,37+,38+,39+,40+,41+,42+,43+,44+,50+,51+,52+/m1/s1. The summed E-state index contributed by atoms with van der Waals surface area (Å²) in [6.45, 7) is 2.60. The van der Waals surface area contributed by atoms with Crippen LogP contribution >= 0.6 is 0 Å². The van der Waals surface area contributed by atoms with Crippen molar-refractivity contribution in [3.63, 3.8) is 0 Å². The number of phenolic OH excluding ortho intramolecular Hbond substituents is 1. The van der Waals surface area contributed by atoms with Gasteiger partial charge in [0.1, 0.15) is 78.8 Å². The predicted octanol–water partition coefficient (Wildman–Crippen LogP) is -9.20. The maximum absolute atomic E-state index is 14.2. The lowest BCUT2D eigenvalue weighted by atomic mass is 10.00. The average Bonchev–Trinajstić information content (AvgIpc) is 0.856. The Morgan fingerprint density at radius 1 is 0.371 bits per heavy atom. The molecule has 0 fully saturated rings. The Kier molecular flexibility index (Phi) is 38.7. The molecule has 582 valence electrons. The minimum Gasteiger partial charge on any atom is -0.508 e. The van der Waals surface area contributed by atoms with Crippen LogP contribution < -0.4 is 74.9 Å². The number of carboxylic acid groups (broad SMARTS) is 4. The van der Waals surface area contributed by atoms with Gasteiger partial charge >= 0.3 is 23.9 Å². The number of aliphatic hydroxyl groups excluding tert-OH is 5. The number of nitrogens with two attached hydrogens (primary N) is 1. The number of nitrogens with one attached hydrogen (secondary N) is 13. The maximum atomic E-state index is 14.2. The molecule has 0 aliphatic heterocycles. The Hall–Kier alpha value is -11.0. The van der Waals surface area contributed by atoms with Crippen molar-refractivity contribution >= 4 is 101 Å². The average molecular weight is 1490 g/mol. The first-order chi connectivity index (χ1) is 49.2.